The van der Waals surface area contributed by atoms with Gasteiger partial charge in [-0.2, -0.15) is 0 Å². The molecule has 5 rings (SSSR count). The number of ether oxygens (including phenoxy) is 1. The van der Waals surface area contributed by atoms with Crippen molar-refractivity contribution in [3.63, 3.8) is 0 Å². The van der Waals surface area contributed by atoms with Crippen LogP contribution in [0.15, 0.2) is 71.7 Å². The summed E-state index contributed by atoms with van der Waals surface area (Å²) in [6, 6.07) is 14.4. The lowest BCUT2D eigenvalue weighted by molar-refractivity contribution is 0.0240. The lowest BCUT2D eigenvalue weighted by Crippen LogP contribution is -2.50. The first kappa shape index (κ1) is 21.9. The van der Waals surface area contributed by atoms with Crippen LogP contribution in [-0.2, 0) is 4.74 Å². The fourth-order valence-corrected chi connectivity index (χ4v) is 4.14. The average molecular weight is 457 g/mol. The summed E-state index contributed by atoms with van der Waals surface area (Å²) < 4.78 is 11.3. The van der Waals surface area contributed by atoms with E-state index in [4.69, 9.17) is 9.15 Å². The van der Waals surface area contributed by atoms with Gasteiger partial charge in [-0.05, 0) is 50.6 Å². The first-order chi connectivity index (χ1) is 16.4. The molecule has 0 N–H and O–H groups in total. The third-order valence-corrected chi connectivity index (χ3v) is 5.88. The van der Waals surface area contributed by atoms with E-state index in [1.165, 1.54) is 0 Å². The summed E-state index contributed by atoms with van der Waals surface area (Å²) in [6.45, 7) is 8.51. The van der Waals surface area contributed by atoms with Gasteiger partial charge in [-0.15, -0.1) is 0 Å². The molecule has 1 amide bonds. The Morgan fingerprint density at radius 2 is 1.74 bits per heavy atom. The molecule has 4 heterocycles. The normalized spacial score (nSPS) is 14.4. The van der Waals surface area contributed by atoms with Crippen molar-refractivity contribution in [1.82, 2.24) is 14.9 Å². The second kappa shape index (κ2) is 8.82. The van der Waals surface area contributed by atoms with Gasteiger partial charge in [0.15, 0.2) is 5.58 Å². The van der Waals surface area contributed by atoms with E-state index >= 15 is 0 Å². The Bertz CT molecular complexity index is 1290. The van der Waals surface area contributed by atoms with Gasteiger partial charge in [-0.25, -0.2) is 4.79 Å². The molecular weight excluding hydrogens is 428 g/mol. The van der Waals surface area contributed by atoms with E-state index in [2.05, 4.69) is 39.1 Å². The van der Waals surface area contributed by atoms with E-state index in [0.717, 1.165) is 52.1 Å². The molecule has 0 bridgehead atoms. The van der Waals surface area contributed by atoms with Crippen molar-refractivity contribution in [3.05, 3.63) is 67.3 Å². The number of aromatic nitrogens is 2. The van der Waals surface area contributed by atoms with E-state index < -0.39 is 5.60 Å². The number of pyridine rings is 2. The van der Waals surface area contributed by atoms with E-state index in [1.807, 2.05) is 51.4 Å². The first-order valence-corrected chi connectivity index (χ1v) is 11.5. The number of fused-ring (bicyclic) bond motifs is 1. The average Bonchev–Trinajstić information content (AvgIpc) is 3.27. The van der Waals surface area contributed by atoms with Crippen molar-refractivity contribution < 1.29 is 13.9 Å². The molecule has 0 atom stereocenters. The minimum Gasteiger partial charge on any atom is -0.462 e. The van der Waals surface area contributed by atoms with Crippen LogP contribution in [0.1, 0.15) is 20.8 Å². The van der Waals surface area contributed by atoms with Crippen LogP contribution in [0.25, 0.3) is 33.4 Å². The Kier molecular flexibility index (Phi) is 5.69. The molecule has 1 aliphatic heterocycles. The van der Waals surface area contributed by atoms with Crippen LogP contribution in [0, 0.1) is 0 Å². The molecule has 0 unspecified atom stereocenters. The van der Waals surface area contributed by atoms with Crippen LogP contribution in [0.5, 0.6) is 0 Å². The molecule has 0 spiro atoms. The predicted octanol–water partition coefficient (Wildman–Crippen LogP) is 5.61. The zero-order valence-corrected chi connectivity index (χ0v) is 19.7. The highest BCUT2D eigenvalue weighted by atomic mass is 16.6. The van der Waals surface area contributed by atoms with E-state index in [0.29, 0.717) is 13.1 Å². The fourth-order valence-electron chi connectivity index (χ4n) is 4.14. The standard InChI is InChI=1S/C27H28N4O3/c1-27(2,3)34-26(32)31-13-11-30(12-14-31)22-8-6-19(7-9-22)21-15-24-25(29-17-21)23(18-33-24)20-5-4-10-28-16-20/h4-10,15-18H,11-14H2,1-3H3. The molecule has 4 aromatic rings. The Balaban J connectivity index is 1.27. The fraction of sp³-hybridized carbons (Fsp3) is 0.296. The van der Waals surface area contributed by atoms with Crippen molar-refractivity contribution >= 4 is 22.9 Å². The summed E-state index contributed by atoms with van der Waals surface area (Å²) in [7, 11) is 0. The van der Waals surface area contributed by atoms with Gasteiger partial charge in [0.05, 0.1) is 0 Å². The molecule has 7 heteroatoms. The minimum atomic E-state index is -0.474. The quantitative estimate of drug-likeness (QED) is 0.399. The van der Waals surface area contributed by atoms with E-state index in [9.17, 15) is 4.79 Å². The predicted molar refractivity (Wildman–Crippen MR) is 133 cm³/mol. The Hall–Kier alpha value is -3.87. The van der Waals surface area contributed by atoms with Gasteiger partial charge in [0.2, 0.25) is 0 Å². The van der Waals surface area contributed by atoms with Crippen LogP contribution >= 0.6 is 0 Å². The van der Waals surface area contributed by atoms with Gasteiger partial charge in [0.25, 0.3) is 0 Å². The number of carbonyl (C=O) groups is 1. The van der Waals surface area contributed by atoms with E-state index in [1.54, 1.807) is 17.4 Å². The molecule has 1 saturated heterocycles. The van der Waals surface area contributed by atoms with Gasteiger partial charge >= 0.3 is 6.09 Å². The van der Waals surface area contributed by atoms with Gasteiger partial charge in [-0.3, -0.25) is 9.97 Å². The maximum atomic E-state index is 12.3. The van der Waals surface area contributed by atoms with Crippen molar-refractivity contribution in [2.75, 3.05) is 31.1 Å². The molecule has 0 radical (unpaired) electrons. The number of hydrogen-bond donors (Lipinski definition) is 0. The molecule has 3 aromatic heterocycles. The van der Waals surface area contributed by atoms with Crippen LogP contribution in [0.3, 0.4) is 0 Å². The Morgan fingerprint density at radius 1 is 0.971 bits per heavy atom. The highest BCUT2D eigenvalue weighted by Crippen LogP contribution is 2.32. The summed E-state index contributed by atoms with van der Waals surface area (Å²) in [5, 5.41) is 0. The molecular formula is C27H28N4O3. The second-order valence-electron chi connectivity index (χ2n) is 9.46. The zero-order chi connectivity index (χ0) is 23.7. The number of anilines is 1. The van der Waals surface area contributed by atoms with Crippen molar-refractivity contribution in [1.29, 1.82) is 0 Å². The highest BCUT2D eigenvalue weighted by Gasteiger charge is 2.26. The lowest BCUT2D eigenvalue weighted by atomic mass is 10.1. The smallest absolute Gasteiger partial charge is 0.410 e. The number of hydrogen-bond acceptors (Lipinski definition) is 6. The number of piperazine rings is 1. The summed E-state index contributed by atoms with van der Waals surface area (Å²) >= 11 is 0. The molecule has 0 aliphatic carbocycles. The number of rotatable bonds is 3. The summed E-state index contributed by atoms with van der Waals surface area (Å²) in [4.78, 5) is 25.2. The molecule has 1 aromatic carbocycles. The highest BCUT2D eigenvalue weighted by molar-refractivity contribution is 5.92. The zero-order valence-electron chi connectivity index (χ0n) is 19.7. The van der Waals surface area contributed by atoms with E-state index in [-0.39, 0.29) is 6.09 Å². The molecule has 0 saturated carbocycles. The third-order valence-electron chi connectivity index (χ3n) is 5.88. The third kappa shape index (κ3) is 4.59. The first-order valence-electron chi connectivity index (χ1n) is 11.5. The number of nitrogens with zero attached hydrogens (tertiary/aromatic N) is 4. The topological polar surface area (TPSA) is 71.7 Å². The maximum Gasteiger partial charge on any atom is 0.410 e. The lowest BCUT2D eigenvalue weighted by Gasteiger charge is -2.36. The maximum absolute atomic E-state index is 12.3. The van der Waals surface area contributed by atoms with Crippen LogP contribution in [0.4, 0.5) is 10.5 Å². The summed E-state index contributed by atoms with van der Waals surface area (Å²) in [6.07, 6.45) is 6.94. The Labute approximate surface area is 199 Å². The Morgan fingerprint density at radius 3 is 2.41 bits per heavy atom. The van der Waals surface area contributed by atoms with Gasteiger partial charge in [0, 0.05) is 67.1 Å². The van der Waals surface area contributed by atoms with Gasteiger partial charge in [-0.1, -0.05) is 18.2 Å². The largest absolute Gasteiger partial charge is 0.462 e. The van der Waals surface area contributed by atoms with Crippen molar-refractivity contribution in [3.8, 4) is 22.3 Å². The van der Waals surface area contributed by atoms with Gasteiger partial charge < -0.3 is 19.0 Å². The molecule has 7 nitrogen and oxygen atoms in total. The second-order valence-corrected chi connectivity index (χ2v) is 9.46. The van der Waals surface area contributed by atoms with Gasteiger partial charge in [0.1, 0.15) is 17.4 Å². The number of benzene rings is 1. The number of amides is 1. The number of furan rings is 1. The molecule has 1 fully saturated rings. The minimum absolute atomic E-state index is 0.241. The van der Waals surface area contributed by atoms with Crippen LogP contribution in [-0.4, -0.2) is 52.7 Å². The van der Waals surface area contributed by atoms with Crippen LogP contribution < -0.4 is 4.90 Å². The van der Waals surface area contributed by atoms with Crippen molar-refractivity contribution in [2.24, 2.45) is 0 Å². The van der Waals surface area contributed by atoms with Crippen LogP contribution in [0.2, 0.25) is 0 Å². The van der Waals surface area contributed by atoms with Crippen molar-refractivity contribution in [2.45, 2.75) is 26.4 Å². The SMILES string of the molecule is CC(C)(C)OC(=O)N1CCN(c2ccc(-c3cnc4c(-c5cccnc5)coc4c3)cc2)CC1. The molecule has 1 aliphatic rings. The molecule has 34 heavy (non-hydrogen) atoms. The monoisotopic (exact) mass is 456 g/mol. The number of carbonyl (C=O) groups excluding carboxylic acids is 1. The summed E-state index contributed by atoms with van der Waals surface area (Å²) in [5.41, 5.74) is 6.24. The summed E-state index contributed by atoms with van der Waals surface area (Å²) in [5.74, 6) is 0. The molecule has 174 valence electrons.